The van der Waals surface area contributed by atoms with Crippen molar-refractivity contribution in [1.82, 2.24) is 0 Å². The normalized spacial score (nSPS) is 11.8. The summed E-state index contributed by atoms with van der Waals surface area (Å²) in [5, 5.41) is 9.31. The zero-order valence-electron chi connectivity index (χ0n) is 11.3. The van der Waals surface area contributed by atoms with E-state index in [4.69, 9.17) is 0 Å². The van der Waals surface area contributed by atoms with E-state index >= 15 is 0 Å². The first-order chi connectivity index (χ1) is 9.33. The maximum absolute atomic E-state index is 9.31. The fourth-order valence-corrected chi connectivity index (χ4v) is 2.31. The fourth-order valence-electron chi connectivity index (χ4n) is 2.31. The van der Waals surface area contributed by atoms with E-state index in [0.29, 0.717) is 0 Å². The van der Waals surface area contributed by atoms with Gasteiger partial charge >= 0.3 is 0 Å². The van der Waals surface area contributed by atoms with Crippen LogP contribution >= 0.6 is 0 Å². The summed E-state index contributed by atoms with van der Waals surface area (Å²) in [5.74, 6) is -0.00789. The highest BCUT2D eigenvalue weighted by atomic mass is 14.3. The molecule has 2 rings (SSSR count). The Morgan fingerprint density at radius 2 is 1.74 bits per heavy atom. The summed E-state index contributed by atoms with van der Waals surface area (Å²) in [6.07, 6.45) is 2.91. The SMILES string of the molecule is CCc1cccc(CC[C@@H](C#N)c2ccccc2)c1. The van der Waals surface area contributed by atoms with Crippen molar-refractivity contribution in [2.24, 2.45) is 0 Å². The molecule has 0 radical (unpaired) electrons. The van der Waals surface area contributed by atoms with Crippen LogP contribution in [0.5, 0.6) is 0 Å². The largest absolute Gasteiger partial charge is 0.198 e. The molecule has 0 aliphatic rings. The number of benzene rings is 2. The van der Waals surface area contributed by atoms with E-state index in [-0.39, 0.29) is 5.92 Å². The van der Waals surface area contributed by atoms with Crippen molar-refractivity contribution >= 4 is 0 Å². The molecule has 19 heavy (non-hydrogen) atoms. The lowest BCUT2D eigenvalue weighted by Crippen LogP contribution is -1.98. The van der Waals surface area contributed by atoms with E-state index in [1.807, 2.05) is 30.3 Å². The molecule has 1 heteroatoms. The molecule has 0 amide bonds. The van der Waals surface area contributed by atoms with Gasteiger partial charge in [0.25, 0.3) is 0 Å². The van der Waals surface area contributed by atoms with Crippen molar-refractivity contribution in [3.63, 3.8) is 0 Å². The maximum Gasteiger partial charge on any atom is 0.0715 e. The van der Waals surface area contributed by atoms with Crippen LogP contribution in [0.25, 0.3) is 0 Å². The Morgan fingerprint density at radius 3 is 2.42 bits per heavy atom. The molecule has 0 N–H and O–H groups in total. The minimum absolute atomic E-state index is 0.00789. The number of nitrogens with zero attached hydrogens (tertiary/aromatic N) is 1. The Balaban J connectivity index is 2.02. The molecule has 0 saturated carbocycles. The zero-order valence-corrected chi connectivity index (χ0v) is 11.3. The summed E-state index contributed by atoms with van der Waals surface area (Å²) >= 11 is 0. The summed E-state index contributed by atoms with van der Waals surface area (Å²) in [7, 11) is 0. The smallest absolute Gasteiger partial charge is 0.0715 e. The van der Waals surface area contributed by atoms with Gasteiger partial charge in [0.05, 0.1) is 12.0 Å². The molecule has 0 aromatic heterocycles. The average Bonchev–Trinajstić information content (AvgIpc) is 2.49. The molecular formula is C18H19N. The molecule has 0 aliphatic carbocycles. The second-order valence-corrected chi connectivity index (χ2v) is 4.80. The van der Waals surface area contributed by atoms with Gasteiger partial charge in [0.15, 0.2) is 0 Å². The number of hydrogen-bond donors (Lipinski definition) is 0. The summed E-state index contributed by atoms with van der Waals surface area (Å²) < 4.78 is 0. The third-order valence-corrected chi connectivity index (χ3v) is 3.48. The number of nitriles is 1. The van der Waals surface area contributed by atoms with Crippen LogP contribution < -0.4 is 0 Å². The third-order valence-electron chi connectivity index (χ3n) is 3.48. The van der Waals surface area contributed by atoms with Crippen LogP contribution in [0.15, 0.2) is 54.6 Å². The third kappa shape index (κ3) is 3.69. The van der Waals surface area contributed by atoms with Crippen molar-refractivity contribution in [3.8, 4) is 6.07 Å². The lowest BCUT2D eigenvalue weighted by molar-refractivity contribution is 0.745. The number of hydrogen-bond acceptors (Lipinski definition) is 1. The molecule has 0 bridgehead atoms. The molecule has 0 heterocycles. The standard InChI is InChI=1S/C18H19N/c1-2-15-7-6-8-16(13-15)11-12-18(14-19)17-9-4-3-5-10-17/h3-10,13,18H,2,11-12H2,1H3/t18-/m0/s1. The average molecular weight is 249 g/mol. The quantitative estimate of drug-likeness (QED) is 0.766. The molecule has 1 atom stereocenters. The Labute approximate surface area is 115 Å². The molecule has 0 saturated heterocycles. The Morgan fingerprint density at radius 1 is 1.00 bits per heavy atom. The van der Waals surface area contributed by atoms with Gasteiger partial charge in [-0.3, -0.25) is 0 Å². The molecule has 2 aromatic rings. The highest BCUT2D eigenvalue weighted by Gasteiger charge is 2.10. The zero-order chi connectivity index (χ0) is 13.5. The Kier molecular flexibility index (Phi) is 4.75. The van der Waals surface area contributed by atoms with E-state index < -0.39 is 0 Å². The van der Waals surface area contributed by atoms with Gasteiger partial charge in [-0.05, 0) is 36.0 Å². The van der Waals surface area contributed by atoms with Crippen molar-refractivity contribution in [2.75, 3.05) is 0 Å². The first-order valence-electron chi connectivity index (χ1n) is 6.86. The monoisotopic (exact) mass is 249 g/mol. The van der Waals surface area contributed by atoms with E-state index in [2.05, 4.69) is 37.3 Å². The topological polar surface area (TPSA) is 23.8 Å². The number of rotatable bonds is 5. The van der Waals surface area contributed by atoms with Crippen molar-refractivity contribution in [3.05, 3.63) is 71.3 Å². The van der Waals surface area contributed by atoms with Crippen LogP contribution in [0.2, 0.25) is 0 Å². The van der Waals surface area contributed by atoms with E-state index in [9.17, 15) is 5.26 Å². The predicted molar refractivity (Wildman–Crippen MR) is 78.9 cm³/mol. The van der Waals surface area contributed by atoms with E-state index in [1.165, 1.54) is 11.1 Å². The minimum Gasteiger partial charge on any atom is -0.198 e. The highest BCUT2D eigenvalue weighted by molar-refractivity contribution is 5.27. The van der Waals surface area contributed by atoms with Gasteiger partial charge in [-0.1, -0.05) is 61.5 Å². The van der Waals surface area contributed by atoms with Crippen LogP contribution in [-0.4, -0.2) is 0 Å². The minimum atomic E-state index is -0.00789. The summed E-state index contributed by atoms with van der Waals surface area (Å²) in [5.41, 5.74) is 3.82. The van der Waals surface area contributed by atoms with Gasteiger partial charge in [0, 0.05) is 0 Å². The second kappa shape index (κ2) is 6.75. The van der Waals surface area contributed by atoms with Crippen LogP contribution in [-0.2, 0) is 12.8 Å². The lowest BCUT2D eigenvalue weighted by atomic mass is 9.93. The molecule has 0 aliphatic heterocycles. The van der Waals surface area contributed by atoms with Crippen LogP contribution in [0, 0.1) is 11.3 Å². The maximum atomic E-state index is 9.31. The lowest BCUT2D eigenvalue weighted by Gasteiger charge is -2.10. The van der Waals surface area contributed by atoms with Gasteiger partial charge in [0.1, 0.15) is 0 Å². The van der Waals surface area contributed by atoms with Crippen molar-refractivity contribution in [1.29, 1.82) is 5.26 Å². The second-order valence-electron chi connectivity index (χ2n) is 4.80. The van der Waals surface area contributed by atoms with Crippen LogP contribution in [0.4, 0.5) is 0 Å². The Hall–Kier alpha value is -2.07. The van der Waals surface area contributed by atoms with Gasteiger partial charge in [0.2, 0.25) is 0 Å². The molecule has 0 unspecified atom stereocenters. The van der Waals surface area contributed by atoms with Gasteiger partial charge < -0.3 is 0 Å². The number of aryl methyl sites for hydroxylation is 2. The molecular weight excluding hydrogens is 230 g/mol. The first-order valence-corrected chi connectivity index (χ1v) is 6.86. The highest BCUT2D eigenvalue weighted by Crippen LogP contribution is 2.21. The van der Waals surface area contributed by atoms with Gasteiger partial charge in [-0.2, -0.15) is 5.26 Å². The first kappa shape index (κ1) is 13.4. The molecule has 0 spiro atoms. The van der Waals surface area contributed by atoms with Crippen LogP contribution in [0.1, 0.15) is 36.0 Å². The predicted octanol–water partition coefficient (Wildman–Crippen LogP) is 4.49. The molecule has 2 aromatic carbocycles. The van der Waals surface area contributed by atoms with Crippen molar-refractivity contribution in [2.45, 2.75) is 32.1 Å². The van der Waals surface area contributed by atoms with Gasteiger partial charge in [-0.25, -0.2) is 0 Å². The van der Waals surface area contributed by atoms with Crippen LogP contribution in [0.3, 0.4) is 0 Å². The van der Waals surface area contributed by atoms with Gasteiger partial charge in [-0.15, -0.1) is 0 Å². The fraction of sp³-hybridized carbons (Fsp3) is 0.278. The van der Waals surface area contributed by atoms with E-state index in [0.717, 1.165) is 24.8 Å². The summed E-state index contributed by atoms with van der Waals surface area (Å²) in [4.78, 5) is 0. The summed E-state index contributed by atoms with van der Waals surface area (Å²) in [6.45, 7) is 2.17. The van der Waals surface area contributed by atoms with E-state index in [1.54, 1.807) is 0 Å². The van der Waals surface area contributed by atoms with Crippen molar-refractivity contribution < 1.29 is 0 Å². The Bertz CT molecular complexity index is 551. The molecule has 96 valence electrons. The summed E-state index contributed by atoms with van der Waals surface area (Å²) in [6, 6.07) is 21.1. The molecule has 1 nitrogen and oxygen atoms in total. The molecule has 0 fully saturated rings.